The van der Waals surface area contributed by atoms with Crippen LogP contribution in [0.25, 0.3) is 0 Å². The van der Waals surface area contributed by atoms with Crippen molar-refractivity contribution >= 4 is 5.78 Å². The molecule has 0 saturated carbocycles. The van der Waals surface area contributed by atoms with E-state index in [2.05, 4.69) is 11.8 Å². The number of carbonyl (C=O) groups is 1. The number of Topliss-reactive ketones (excluding diaryl/α,β-unsaturated/α-hetero) is 1. The second-order valence-corrected chi connectivity index (χ2v) is 4.46. The molecule has 0 N–H and O–H groups in total. The Kier molecular flexibility index (Phi) is 4.53. The van der Waals surface area contributed by atoms with Crippen LogP contribution in [0.3, 0.4) is 0 Å². The van der Waals surface area contributed by atoms with Gasteiger partial charge in [0.2, 0.25) is 0 Å². The van der Waals surface area contributed by atoms with Crippen molar-refractivity contribution in [3.8, 4) is 11.8 Å². The van der Waals surface area contributed by atoms with Gasteiger partial charge in [-0.05, 0) is 19.1 Å². The Morgan fingerprint density at radius 3 is 2.37 bits per heavy atom. The molecule has 1 nitrogen and oxygen atoms in total. The van der Waals surface area contributed by atoms with Gasteiger partial charge < -0.3 is 0 Å². The summed E-state index contributed by atoms with van der Waals surface area (Å²) in [5, 5.41) is 0. The van der Waals surface area contributed by atoms with E-state index >= 15 is 0 Å². The molecule has 0 heterocycles. The lowest BCUT2D eigenvalue weighted by Crippen LogP contribution is -1.97. The van der Waals surface area contributed by atoms with Gasteiger partial charge in [0, 0.05) is 24.0 Å². The predicted octanol–water partition coefficient (Wildman–Crippen LogP) is 4.01. The largest absolute Gasteiger partial charge is 0.294 e. The Bertz CT molecular complexity index is 598. The number of carbonyl (C=O) groups excluding carboxylic acids is 1. The first kappa shape index (κ1) is 13.1. The summed E-state index contributed by atoms with van der Waals surface area (Å²) in [6.45, 7) is 2.01. The van der Waals surface area contributed by atoms with E-state index in [0.29, 0.717) is 12.8 Å². The fourth-order valence-electron chi connectivity index (χ4n) is 1.75. The topological polar surface area (TPSA) is 17.1 Å². The van der Waals surface area contributed by atoms with Crippen LogP contribution in [0.4, 0.5) is 0 Å². The third-order valence-corrected chi connectivity index (χ3v) is 2.86. The molecule has 0 aliphatic carbocycles. The number of ketones is 1. The molecule has 0 bridgehead atoms. The van der Waals surface area contributed by atoms with Crippen LogP contribution in [0.5, 0.6) is 0 Å². The molecule has 0 fully saturated rings. The van der Waals surface area contributed by atoms with Crippen LogP contribution < -0.4 is 0 Å². The van der Waals surface area contributed by atoms with Crippen molar-refractivity contribution in [3.05, 3.63) is 71.3 Å². The molecular weight excluding hydrogens is 232 g/mol. The second kappa shape index (κ2) is 6.56. The van der Waals surface area contributed by atoms with Crippen LogP contribution in [-0.2, 0) is 0 Å². The summed E-state index contributed by atoms with van der Waals surface area (Å²) in [5.74, 6) is 6.26. The van der Waals surface area contributed by atoms with E-state index in [-0.39, 0.29) is 5.78 Å². The Morgan fingerprint density at radius 1 is 1.00 bits per heavy atom. The van der Waals surface area contributed by atoms with Gasteiger partial charge in [-0.15, -0.1) is 0 Å². The number of rotatable bonds is 3. The molecule has 2 rings (SSSR count). The SMILES string of the molecule is Cc1ccc(C(=O)CCC#Cc2ccccc2)cc1. The normalized spacial score (nSPS) is 9.53. The van der Waals surface area contributed by atoms with Gasteiger partial charge in [0.15, 0.2) is 5.78 Å². The smallest absolute Gasteiger partial charge is 0.163 e. The molecule has 0 spiro atoms. The summed E-state index contributed by atoms with van der Waals surface area (Å²) in [4.78, 5) is 11.9. The third-order valence-electron chi connectivity index (χ3n) is 2.86. The molecule has 0 aliphatic rings. The summed E-state index contributed by atoms with van der Waals surface area (Å²) < 4.78 is 0. The number of hydrogen-bond acceptors (Lipinski definition) is 1. The average Bonchev–Trinajstić information content (AvgIpc) is 2.45. The van der Waals surface area contributed by atoms with Gasteiger partial charge in [0.25, 0.3) is 0 Å². The molecule has 2 aromatic carbocycles. The van der Waals surface area contributed by atoms with Gasteiger partial charge in [-0.1, -0.05) is 59.9 Å². The number of hydrogen-bond donors (Lipinski definition) is 0. The maximum absolute atomic E-state index is 11.9. The van der Waals surface area contributed by atoms with E-state index in [1.165, 1.54) is 5.56 Å². The van der Waals surface area contributed by atoms with E-state index < -0.39 is 0 Å². The van der Waals surface area contributed by atoms with Crippen LogP contribution >= 0.6 is 0 Å². The Balaban J connectivity index is 1.88. The molecule has 94 valence electrons. The van der Waals surface area contributed by atoms with Crippen molar-refractivity contribution in [3.63, 3.8) is 0 Å². The highest BCUT2D eigenvalue weighted by Gasteiger charge is 2.03. The van der Waals surface area contributed by atoms with Crippen molar-refractivity contribution in [1.82, 2.24) is 0 Å². The predicted molar refractivity (Wildman–Crippen MR) is 78.1 cm³/mol. The second-order valence-electron chi connectivity index (χ2n) is 4.46. The summed E-state index contributed by atoms with van der Waals surface area (Å²) >= 11 is 0. The van der Waals surface area contributed by atoms with E-state index in [0.717, 1.165) is 11.1 Å². The molecule has 0 aliphatic heterocycles. The Morgan fingerprint density at radius 2 is 1.68 bits per heavy atom. The van der Waals surface area contributed by atoms with E-state index in [1.807, 2.05) is 61.5 Å². The molecule has 0 aromatic heterocycles. The summed E-state index contributed by atoms with van der Waals surface area (Å²) in [5.41, 5.74) is 2.93. The van der Waals surface area contributed by atoms with Crippen molar-refractivity contribution in [1.29, 1.82) is 0 Å². The first-order chi connectivity index (χ1) is 9.25. The molecule has 0 unspecified atom stereocenters. The fraction of sp³-hybridized carbons (Fsp3) is 0.167. The highest BCUT2D eigenvalue weighted by molar-refractivity contribution is 5.96. The molecule has 0 saturated heterocycles. The lowest BCUT2D eigenvalue weighted by Gasteiger charge is -1.98. The minimum Gasteiger partial charge on any atom is -0.294 e. The van der Waals surface area contributed by atoms with Crippen molar-refractivity contribution in [2.75, 3.05) is 0 Å². The zero-order chi connectivity index (χ0) is 13.5. The van der Waals surface area contributed by atoms with Crippen LogP contribution in [0, 0.1) is 18.8 Å². The third kappa shape index (κ3) is 4.12. The van der Waals surface area contributed by atoms with Gasteiger partial charge in [0.1, 0.15) is 0 Å². The lowest BCUT2D eigenvalue weighted by molar-refractivity contribution is 0.0984. The molecule has 1 heteroatoms. The minimum atomic E-state index is 0.155. The van der Waals surface area contributed by atoms with E-state index in [1.54, 1.807) is 0 Å². The highest BCUT2D eigenvalue weighted by atomic mass is 16.1. The molecule has 0 atom stereocenters. The molecule has 19 heavy (non-hydrogen) atoms. The van der Waals surface area contributed by atoms with E-state index in [9.17, 15) is 4.79 Å². The minimum absolute atomic E-state index is 0.155. The van der Waals surface area contributed by atoms with Crippen molar-refractivity contribution in [2.24, 2.45) is 0 Å². The molecule has 2 aromatic rings. The monoisotopic (exact) mass is 248 g/mol. The average molecular weight is 248 g/mol. The zero-order valence-corrected chi connectivity index (χ0v) is 11.0. The van der Waals surface area contributed by atoms with Crippen LogP contribution in [0.1, 0.15) is 34.3 Å². The quantitative estimate of drug-likeness (QED) is 0.592. The Labute approximate surface area is 114 Å². The van der Waals surface area contributed by atoms with Crippen molar-refractivity contribution < 1.29 is 4.79 Å². The standard InChI is InChI=1S/C18H16O/c1-15-11-13-17(14-12-15)18(19)10-6-5-9-16-7-3-2-4-8-16/h2-4,7-8,11-14H,6,10H2,1H3. The maximum Gasteiger partial charge on any atom is 0.163 e. The van der Waals surface area contributed by atoms with Gasteiger partial charge in [0.05, 0.1) is 0 Å². The lowest BCUT2D eigenvalue weighted by atomic mass is 10.1. The van der Waals surface area contributed by atoms with Gasteiger partial charge in [-0.3, -0.25) is 4.79 Å². The maximum atomic E-state index is 11.9. The van der Waals surface area contributed by atoms with Crippen LogP contribution in [-0.4, -0.2) is 5.78 Å². The summed E-state index contributed by atoms with van der Waals surface area (Å²) in [7, 11) is 0. The molecule has 0 radical (unpaired) electrons. The molecular formula is C18H16O. The zero-order valence-electron chi connectivity index (χ0n) is 11.0. The first-order valence-corrected chi connectivity index (χ1v) is 6.39. The number of benzene rings is 2. The molecule has 0 amide bonds. The fourth-order valence-corrected chi connectivity index (χ4v) is 1.75. The highest BCUT2D eigenvalue weighted by Crippen LogP contribution is 2.07. The number of aryl methyl sites for hydroxylation is 1. The summed E-state index contributed by atoms with van der Waals surface area (Å²) in [6.07, 6.45) is 1.07. The van der Waals surface area contributed by atoms with E-state index in [4.69, 9.17) is 0 Å². The summed E-state index contributed by atoms with van der Waals surface area (Å²) in [6, 6.07) is 17.5. The first-order valence-electron chi connectivity index (χ1n) is 6.39. The van der Waals surface area contributed by atoms with Crippen molar-refractivity contribution in [2.45, 2.75) is 19.8 Å². The van der Waals surface area contributed by atoms with Crippen LogP contribution in [0.2, 0.25) is 0 Å². The van der Waals surface area contributed by atoms with Gasteiger partial charge >= 0.3 is 0 Å². The van der Waals surface area contributed by atoms with Gasteiger partial charge in [-0.25, -0.2) is 0 Å². The Hall–Kier alpha value is -2.33. The van der Waals surface area contributed by atoms with Gasteiger partial charge in [-0.2, -0.15) is 0 Å². The van der Waals surface area contributed by atoms with Crippen LogP contribution in [0.15, 0.2) is 54.6 Å².